The highest BCUT2D eigenvalue weighted by Crippen LogP contribution is 1.85. The lowest BCUT2D eigenvalue weighted by Crippen LogP contribution is -3.61. The summed E-state index contributed by atoms with van der Waals surface area (Å²) in [5, 5.41) is 9.00. The van der Waals surface area contributed by atoms with Gasteiger partial charge >= 0.3 is 21.2 Å². The Hall–Kier alpha value is -1.43. The van der Waals surface area contributed by atoms with Crippen LogP contribution in [0.15, 0.2) is 66.0 Å². The molecule has 0 aliphatic carbocycles. The topological polar surface area (TPSA) is 52.5 Å². The Bertz CT molecular complexity index is 368. The Morgan fingerprint density at radius 2 is 1.12 bits per heavy atom. The molecule has 16 heavy (non-hydrogen) atoms. The van der Waals surface area contributed by atoms with Crippen LogP contribution in [0, 0.1) is 17.3 Å². The van der Waals surface area contributed by atoms with E-state index in [1.165, 1.54) is 7.14 Å². The molecule has 0 bridgehead atoms. The van der Waals surface area contributed by atoms with Gasteiger partial charge in [0.15, 0.2) is 7.14 Å². The molecule has 0 radical (unpaired) electrons. The van der Waals surface area contributed by atoms with Crippen LogP contribution in [0.25, 0.3) is 0 Å². The standard InChI is InChI=1S/C12H10I.HNO2/c1-3-7-11(8-4-1)13-12-9-5-2-6-10-12;2-1-3/h1-10H;(H,2,3)/q+1;/p-1. The lowest BCUT2D eigenvalue weighted by atomic mass is 10.4. The maximum absolute atomic E-state index is 8.00. The number of hydrogen-bond donors (Lipinski definition) is 0. The first-order valence-electron chi connectivity index (χ1n) is 4.56. The average Bonchev–Trinajstić information content (AvgIpc) is 2.33. The first-order valence-corrected chi connectivity index (χ1v) is 6.72. The average molecular weight is 327 g/mol. The third-order valence-electron chi connectivity index (χ3n) is 1.68. The van der Waals surface area contributed by atoms with Crippen LogP contribution in [0.5, 0.6) is 0 Å². The predicted molar refractivity (Wildman–Crippen MR) is 59.4 cm³/mol. The molecule has 0 N–H and O–H groups in total. The van der Waals surface area contributed by atoms with Crippen molar-refractivity contribution in [2.75, 3.05) is 0 Å². The quantitative estimate of drug-likeness (QED) is 0.445. The van der Waals surface area contributed by atoms with E-state index in [2.05, 4.69) is 60.7 Å². The second-order valence-electron chi connectivity index (χ2n) is 2.76. The van der Waals surface area contributed by atoms with Crippen molar-refractivity contribution < 1.29 is 21.2 Å². The van der Waals surface area contributed by atoms with E-state index in [9.17, 15) is 0 Å². The monoisotopic (exact) mass is 327 g/mol. The zero-order valence-electron chi connectivity index (χ0n) is 8.42. The second-order valence-corrected chi connectivity index (χ2v) is 5.79. The molecule has 0 amide bonds. The van der Waals surface area contributed by atoms with Gasteiger partial charge in [-0.05, 0) is 24.3 Å². The number of rotatable bonds is 2. The summed E-state index contributed by atoms with van der Waals surface area (Å²) < 4.78 is 2.96. The van der Waals surface area contributed by atoms with E-state index in [4.69, 9.17) is 10.1 Å². The molecule has 0 saturated carbocycles. The fourth-order valence-electron chi connectivity index (χ4n) is 1.08. The van der Waals surface area contributed by atoms with Crippen molar-refractivity contribution in [3.05, 3.63) is 77.9 Å². The molecular weight excluding hydrogens is 317 g/mol. The minimum absolute atomic E-state index is 0.0287. The lowest BCUT2D eigenvalue weighted by Gasteiger charge is -1.84. The first kappa shape index (κ1) is 12.6. The van der Waals surface area contributed by atoms with E-state index in [1.54, 1.807) is 0 Å². The third-order valence-corrected chi connectivity index (χ3v) is 4.37. The maximum Gasteiger partial charge on any atom is 0.357 e. The number of nitrogens with zero attached hydrogens (tertiary/aromatic N) is 1. The molecule has 0 unspecified atom stereocenters. The minimum Gasteiger partial charge on any atom is -0.444 e. The van der Waals surface area contributed by atoms with E-state index >= 15 is 0 Å². The largest absolute Gasteiger partial charge is 0.444 e. The number of halogens is 1. The Morgan fingerprint density at radius 3 is 1.44 bits per heavy atom. The van der Waals surface area contributed by atoms with Gasteiger partial charge in [0.1, 0.15) is 0 Å². The Balaban J connectivity index is 0.000000386. The summed E-state index contributed by atoms with van der Waals surface area (Å²) in [5.41, 5.74) is 0. The van der Waals surface area contributed by atoms with Crippen molar-refractivity contribution in [3.63, 3.8) is 0 Å². The highest BCUT2D eigenvalue weighted by molar-refractivity contribution is 5.02. The fourth-order valence-corrected chi connectivity index (χ4v) is 3.35. The molecular formula is C12H10INO2. The molecule has 82 valence electrons. The Kier molecular flexibility index (Phi) is 6.17. The maximum atomic E-state index is 8.00. The molecule has 0 fully saturated rings. The van der Waals surface area contributed by atoms with Crippen molar-refractivity contribution in [3.8, 4) is 0 Å². The Labute approximate surface area is 104 Å². The van der Waals surface area contributed by atoms with E-state index in [-0.39, 0.29) is 21.2 Å². The minimum atomic E-state index is 0.0287. The molecule has 0 aromatic heterocycles. The van der Waals surface area contributed by atoms with Gasteiger partial charge in [0.2, 0.25) is 0 Å². The summed E-state index contributed by atoms with van der Waals surface area (Å²) in [4.78, 5) is 8.00. The van der Waals surface area contributed by atoms with Gasteiger partial charge < -0.3 is 10.1 Å². The zero-order chi connectivity index (χ0) is 11.6. The van der Waals surface area contributed by atoms with E-state index < -0.39 is 0 Å². The molecule has 3 nitrogen and oxygen atoms in total. The second kappa shape index (κ2) is 7.81. The lowest BCUT2D eigenvalue weighted by molar-refractivity contribution is -0.597. The van der Waals surface area contributed by atoms with Gasteiger partial charge in [-0.1, -0.05) is 36.4 Å². The number of hydrogen-bond acceptors (Lipinski definition) is 3. The first-order chi connectivity index (χ1) is 7.86. The van der Waals surface area contributed by atoms with Gasteiger partial charge in [-0.15, -0.1) is 5.34 Å². The summed E-state index contributed by atoms with van der Waals surface area (Å²) >= 11 is 0.0287. The molecule has 2 rings (SSSR count). The van der Waals surface area contributed by atoms with Crippen molar-refractivity contribution in [2.24, 2.45) is 5.34 Å². The molecule has 0 saturated heterocycles. The van der Waals surface area contributed by atoms with E-state index in [1.807, 2.05) is 0 Å². The van der Waals surface area contributed by atoms with Gasteiger partial charge in [-0.3, -0.25) is 0 Å². The molecule has 2 aromatic rings. The molecule has 0 atom stereocenters. The van der Waals surface area contributed by atoms with E-state index in [0.29, 0.717) is 0 Å². The van der Waals surface area contributed by atoms with Gasteiger partial charge in [-0.25, -0.2) is 0 Å². The third kappa shape index (κ3) is 4.88. The summed E-state index contributed by atoms with van der Waals surface area (Å²) in [6.45, 7) is 0. The summed E-state index contributed by atoms with van der Waals surface area (Å²) in [6, 6.07) is 21.4. The van der Waals surface area contributed by atoms with Crippen molar-refractivity contribution in [2.45, 2.75) is 0 Å². The van der Waals surface area contributed by atoms with E-state index in [0.717, 1.165) is 5.34 Å². The fraction of sp³-hybridized carbons (Fsp3) is 0. The highest BCUT2D eigenvalue weighted by Gasteiger charge is 2.12. The van der Waals surface area contributed by atoms with Crippen LogP contribution in [0.3, 0.4) is 0 Å². The Morgan fingerprint density at radius 1 is 0.812 bits per heavy atom. The van der Waals surface area contributed by atoms with Crippen LogP contribution in [0.2, 0.25) is 0 Å². The number of benzene rings is 2. The van der Waals surface area contributed by atoms with Crippen LogP contribution in [-0.2, 0) is 0 Å². The van der Waals surface area contributed by atoms with Gasteiger partial charge in [0.05, 0.1) is 0 Å². The molecule has 0 spiro atoms. The predicted octanol–water partition coefficient (Wildman–Crippen LogP) is 0.0656. The molecule has 0 aliphatic heterocycles. The van der Waals surface area contributed by atoms with Crippen molar-refractivity contribution in [1.82, 2.24) is 0 Å². The SMILES string of the molecule is O=N[O-].c1ccc([I+]c2ccccc2)cc1. The molecule has 0 aliphatic rings. The smallest absolute Gasteiger partial charge is 0.357 e. The summed E-state index contributed by atoms with van der Waals surface area (Å²) in [6.07, 6.45) is 0. The van der Waals surface area contributed by atoms with Crippen LogP contribution < -0.4 is 21.2 Å². The highest BCUT2D eigenvalue weighted by atomic mass is 127. The summed E-state index contributed by atoms with van der Waals surface area (Å²) in [7, 11) is 0. The van der Waals surface area contributed by atoms with Crippen molar-refractivity contribution in [1.29, 1.82) is 0 Å². The molecule has 2 aromatic carbocycles. The molecule has 4 heteroatoms. The van der Waals surface area contributed by atoms with Gasteiger partial charge in [0, 0.05) is 0 Å². The molecule has 0 heterocycles. The normalized spacial score (nSPS) is 8.75. The van der Waals surface area contributed by atoms with Gasteiger partial charge in [-0.2, -0.15) is 0 Å². The summed E-state index contributed by atoms with van der Waals surface area (Å²) in [5.74, 6) is 0. The van der Waals surface area contributed by atoms with Crippen molar-refractivity contribution >= 4 is 0 Å². The zero-order valence-corrected chi connectivity index (χ0v) is 10.6. The van der Waals surface area contributed by atoms with Crippen LogP contribution in [0.1, 0.15) is 0 Å². The van der Waals surface area contributed by atoms with Crippen LogP contribution in [-0.4, -0.2) is 0 Å². The van der Waals surface area contributed by atoms with Gasteiger partial charge in [0.25, 0.3) is 0 Å². The van der Waals surface area contributed by atoms with Crippen LogP contribution >= 0.6 is 0 Å². The van der Waals surface area contributed by atoms with Crippen LogP contribution in [0.4, 0.5) is 0 Å².